The van der Waals surface area contributed by atoms with Gasteiger partial charge in [0.05, 0.1) is 5.70 Å². The number of aryl methyl sites for hydroxylation is 1. The first-order valence-corrected chi connectivity index (χ1v) is 7.42. The van der Waals surface area contributed by atoms with Crippen LogP contribution in [0, 0.1) is 6.92 Å². The van der Waals surface area contributed by atoms with Crippen LogP contribution in [-0.4, -0.2) is 13.2 Å². The standard InChI is InChI=1S/C19H23FN2/c1-6-7-15-11-16(10-12(2)18(15)21-5)19-17(14(4)20)9-8-13(3)22-19/h6,8-11,14,21-22H,1,3,7H2,2,4-5H3. The van der Waals surface area contributed by atoms with E-state index in [1.165, 1.54) is 0 Å². The van der Waals surface area contributed by atoms with Crippen molar-refractivity contribution >= 4 is 11.4 Å². The van der Waals surface area contributed by atoms with Crippen molar-refractivity contribution in [1.29, 1.82) is 0 Å². The summed E-state index contributed by atoms with van der Waals surface area (Å²) in [6.07, 6.45) is 5.19. The topological polar surface area (TPSA) is 24.1 Å². The van der Waals surface area contributed by atoms with E-state index in [4.69, 9.17) is 0 Å². The van der Waals surface area contributed by atoms with E-state index in [2.05, 4.69) is 42.8 Å². The van der Waals surface area contributed by atoms with Crippen molar-refractivity contribution in [3.63, 3.8) is 0 Å². The zero-order valence-electron chi connectivity index (χ0n) is 13.5. The highest BCUT2D eigenvalue weighted by Gasteiger charge is 2.18. The van der Waals surface area contributed by atoms with Gasteiger partial charge in [-0.25, -0.2) is 4.39 Å². The summed E-state index contributed by atoms with van der Waals surface area (Å²) in [7, 11) is 1.91. The SMILES string of the molecule is C=CCc1cc(C2=C(C(C)F)C=CC(=C)N2)cc(C)c1NC. The Labute approximate surface area is 132 Å². The number of halogens is 1. The predicted octanol–water partition coefficient (Wildman–Crippen LogP) is 4.51. The molecule has 0 aliphatic carbocycles. The van der Waals surface area contributed by atoms with Crippen LogP contribution in [0.1, 0.15) is 23.6 Å². The second-order valence-corrected chi connectivity index (χ2v) is 5.50. The van der Waals surface area contributed by atoms with E-state index in [9.17, 15) is 4.39 Å². The van der Waals surface area contributed by atoms with Gasteiger partial charge in [-0.2, -0.15) is 0 Å². The van der Waals surface area contributed by atoms with Crippen molar-refractivity contribution in [1.82, 2.24) is 5.32 Å². The number of rotatable bonds is 5. The molecule has 0 spiro atoms. The molecule has 1 aromatic rings. The fourth-order valence-corrected chi connectivity index (χ4v) is 2.80. The van der Waals surface area contributed by atoms with Gasteiger partial charge in [-0.3, -0.25) is 0 Å². The molecule has 2 N–H and O–H groups in total. The highest BCUT2D eigenvalue weighted by molar-refractivity contribution is 5.77. The van der Waals surface area contributed by atoms with Crippen molar-refractivity contribution in [3.05, 3.63) is 71.5 Å². The Morgan fingerprint density at radius 1 is 1.36 bits per heavy atom. The Morgan fingerprint density at radius 2 is 2.09 bits per heavy atom. The third kappa shape index (κ3) is 3.14. The van der Waals surface area contributed by atoms with Crippen LogP contribution in [0.25, 0.3) is 5.70 Å². The molecule has 0 amide bonds. The van der Waals surface area contributed by atoms with Crippen LogP contribution in [0.2, 0.25) is 0 Å². The molecule has 116 valence electrons. The number of nitrogens with one attached hydrogen (secondary N) is 2. The monoisotopic (exact) mass is 298 g/mol. The third-order valence-electron chi connectivity index (χ3n) is 3.79. The summed E-state index contributed by atoms with van der Waals surface area (Å²) < 4.78 is 13.9. The molecule has 1 aliphatic rings. The van der Waals surface area contributed by atoms with Crippen LogP contribution in [0.5, 0.6) is 0 Å². The van der Waals surface area contributed by atoms with Gasteiger partial charge in [-0.1, -0.05) is 18.7 Å². The van der Waals surface area contributed by atoms with E-state index in [1.54, 1.807) is 19.1 Å². The second kappa shape index (κ2) is 6.65. The maximum atomic E-state index is 13.9. The Bertz CT molecular complexity index is 666. The van der Waals surface area contributed by atoms with E-state index in [0.717, 1.165) is 40.2 Å². The second-order valence-electron chi connectivity index (χ2n) is 5.50. The lowest BCUT2D eigenvalue weighted by Gasteiger charge is -2.23. The van der Waals surface area contributed by atoms with E-state index in [-0.39, 0.29) is 0 Å². The van der Waals surface area contributed by atoms with Crippen LogP contribution in [0.4, 0.5) is 10.1 Å². The van der Waals surface area contributed by atoms with Gasteiger partial charge in [0, 0.05) is 24.0 Å². The molecule has 0 saturated carbocycles. The van der Waals surface area contributed by atoms with Gasteiger partial charge in [0.25, 0.3) is 0 Å². The number of hydrogen-bond donors (Lipinski definition) is 2. The molecular formula is C19H23FN2. The molecule has 2 nitrogen and oxygen atoms in total. The lowest BCUT2D eigenvalue weighted by molar-refractivity contribution is 0.417. The van der Waals surface area contributed by atoms with E-state index in [0.29, 0.717) is 5.57 Å². The molecule has 0 fully saturated rings. The lowest BCUT2D eigenvalue weighted by Crippen LogP contribution is -2.18. The van der Waals surface area contributed by atoms with E-state index < -0.39 is 6.17 Å². The molecule has 2 rings (SSSR count). The summed E-state index contributed by atoms with van der Waals surface area (Å²) in [5, 5.41) is 6.44. The Hall–Kier alpha value is -2.29. The Balaban J connectivity index is 2.62. The maximum Gasteiger partial charge on any atom is 0.124 e. The minimum Gasteiger partial charge on any atom is -0.388 e. The number of allylic oxidation sites excluding steroid dienone is 4. The first-order valence-electron chi connectivity index (χ1n) is 7.42. The highest BCUT2D eigenvalue weighted by atomic mass is 19.1. The number of alkyl halides is 1. The average molecular weight is 298 g/mol. The van der Waals surface area contributed by atoms with Crippen LogP contribution in [0.3, 0.4) is 0 Å². The van der Waals surface area contributed by atoms with E-state index >= 15 is 0 Å². The first kappa shape index (κ1) is 16.1. The molecule has 1 aliphatic heterocycles. The van der Waals surface area contributed by atoms with Gasteiger partial charge in [-0.05, 0) is 55.2 Å². The molecule has 22 heavy (non-hydrogen) atoms. The predicted molar refractivity (Wildman–Crippen MR) is 93.5 cm³/mol. The number of hydrogen-bond acceptors (Lipinski definition) is 2. The summed E-state index contributed by atoms with van der Waals surface area (Å²) in [6, 6.07) is 4.15. The lowest BCUT2D eigenvalue weighted by atomic mass is 9.94. The molecule has 0 radical (unpaired) electrons. The van der Waals surface area contributed by atoms with Crippen LogP contribution in [-0.2, 0) is 6.42 Å². The minimum absolute atomic E-state index is 0.647. The molecule has 1 atom stereocenters. The van der Waals surface area contributed by atoms with Gasteiger partial charge in [-0.15, -0.1) is 6.58 Å². The number of anilines is 1. The quantitative estimate of drug-likeness (QED) is 0.782. The largest absolute Gasteiger partial charge is 0.388 e. The molecule has 1 heterocycles. The van der Waals surface area contributed by atoms with Gasteiger partial charge >= 0.3 is 0 Å². The van der Waals surface area contributed by atoms with Crippen molar-refractivity contribution in [2.24, 2.45) is 0 Å². The molecule has 1 aromatic carbocycles. The summed E-state index contributed by atoms with van der Waals surface area (Å²) in [5.41, 5.74) is 6.54. The van der Waals surface area contributed by atoms with Gasteiger partial charge in [0.1, 0.15) is 6.17 Å². The summed E-state index contributed by atoms with van der Waals surface area (Å²) in [6.45, 7) is 11.3. The van der Waals surface area contributed by atoms with Crippen molar-refractivity contribution in [2.45, 2.75) is 26.4 Å². The molecule has 1 unspecified atom stereocenters. The Morgan fingerprint density at radius 3 is 2.68 bits per heavy atom. The zero-order chi connectivity index (χ0) is 16.3. The minimum atomic E-state index is -1.04. The molecule has 0 saturated heterocycles. The Kier molecular flexibility index (Phi) is 4.86. The third-order valence-corrected chi connectivity index (χ3v) is 3.79. The van der Waals surface area contributed by atoms with Crippen LogP contribution < -0.4 is 10.6 Å². The molecule has 0 aromatic heterocycles. The summed E-state index contributed by atoms with van der Waals surface area (Å²) >= 11 is 0. The normalized spacial score (nSPS) is 15.5. The van der Waals surface area contributed by atoms with Crippen LogP contribution >= 0.6 is 0 Å². The van der Waals surface area contributed by atoms with Gasteiger partial charge in [0.2, 0.25) is 0 Å². The number of dihydropyridines is 1. The van der Waals surface area contributed by atoms with E-state index in [1.807, 2.05) is 13.1 Å². The fraction of sp³-hybridized carbons (Fsp3) is 0.263. The van der Waals surface area contributed by atoms with Crippen molar-refractivity contribution in [3.8, 4) is 0 Å². The molecular weight excluding hydrogens is 275 g/mol. The first-order chi connectivity index (χ1) is 10.5. The summed E-state index contributed by atoms with van der Waals surface area (Å²) in [4.78, 5) is 0. The fourth-order valence-electron chi connectivity index (χ4n) is 2.80. The summed E-state index contributed by atoms with van der Waals surface area (Å²) in [5.74, 6) is 0. The van der Waals surface area contributed by atoms with Crippen LogP contribution in [0.15, 0.2) is 54.8 Å². The maximum absolute atomic E-state index is 13.9. The van der Waals surface area contributed by atoms with Gasteiger partial charge in [0.15, 0.2) is 0 Å². The van der Waals surface area contributed by atoms with Gasteiger partial charge < -0.3 is 10.6 Å². The van der Waals surface area contributed by atoms with Crippen molar-refractivity contribution < 1.29 is 4.39 Å². The smallest absolute Gasteiger partial charge is 0.124 e. The molecule has 0 bridgehead atoms. The zero-order valence-corrected chi connectivity index (χ0v) is 13.5. The number of benzene rings is 1. The average Bonchev–Trinajstić information content (AvgIpc) is 2.46. The molecule has 3 heteroatoms. The van der Waals surface area contributed by atoms with Crippen molar-refractivity contribution in [2.75, 3.05) is 12.4 Å². The highest BCUT2D eigenvalue weighted by Crippen LogP contribution is 2.31.